The zero-order valence-electron chi connectivity index (χ0n) is 15.1. The number of hydrogen-bond acceptors (Lipinski definition) is 6. The van der Waals surface area contributed by atoms with Crippen LogP contribution >= 0.6 is 0 Å². The van der Waals surface area contributed by atoms with E-state index in [1.807, 2.05) is 43.3 Å². The number of anilines is 2. The van der Waals surface area contributed by atoms with Gasteiger partial charge in [0.25, 0.3) is 0 Å². The minimum absolute atomic E-state index is 0.0153. The average Bonchev–Trinajstić information content (AvgIpc) is 3.13. The second-order valence-corrected chi connectivity index (χ2v) is 6.71. The van der Waals surface area contributed by atoms with E-state index < -0.39 is 0 Å². The van der Waals surface area contributed by atoms with Crippen LogP contribution in [0, 0.1) is 12.8 Å². The number of carbonyl (C=O) groups excluding carboxylic acids is 1. The fraction of sp³-hybridized carbons (Fsp3) is 0.300. The zero-order chi connectivity index (χ0) is 18.6. The molecule has 0 atom stereocenters. The van der Waals surface area contributed by atoms with Gasteiger partial charge in [0.15, 0.2) is 0 Å². The molecule has 0 unspecified atom stereocenters. The number of aryl methyl sites for hydroxylation is 1. The number of rotatable bonds is 4. The Labute approximate surface area is 157 Å². The summed E-state index contributed by atoms with van der Waals surface area (Å²) < 4.78 is 5.06. The number of amides is 1. The maximum absolute atomic E-state index is 12.4. The molecule has 138 valence electrons. The van der Waals surface area contributed by atoms with E-state index in [9.17, 15) is 4.79 Å². The number of hydrogen-bond donors (Lipinski definition) is 1. The third-order valence-corrected chi connectivity index (χ3v) is 4.79. The van der Waals surface area contributed by atoms with Gasteiger partial charge in [0.05, 0.1) is 11.4 Å². The SMILES string of the molecule is Cc1cc(NC(=O)C2CCN(c3cc(-c4ccccc4)ncn3)CC2)on1. The summed E-state index contributed by atoms with van der Waals surface area (Å²) in [5.74, 6) is 1.25. The molecule has 1 amide bonds. The van der Waals surface area contributed by atoms with Crippen molar-refractivity contribution in [1.29, 1.82) is 0 Å². The summed E-state index contributed by atoms with van der Waals surface area (Å²) >= 11 is 0. The zero-order valence-corrected chi connectivity index (χ0v) is 15.1. The number of benzene rings is 1. The van der Waals surface area contributed by atoms with Gasteiger partial charge in [0.1, 0.15) is 12.1 Å². The molecule has 7 nitrogen and oxygen atoms in total. The van der Waals surface area contributed by atoms with Crippen LogP contribution < -0.4 is 10.2 Å². The summed E-state index contributed by atoms with van der Waals surface area (Å²) in [4.78, 5) is 23.4. The minimum Gasteiger partial charge on any atom is -0.356 e. The first kappa shape index (κ1) is 17.2. The summed E-state index contributed by atoms with van der Waals surface area (Å²) in [6.07, 6.45) is 3.13. The van der Waals surface area contributed by atoms with E-state index in [1.54, 1.807) is 12.4 Å². The summed E-state index contributed by atoms with van der Waals surface area (Å²) in [5.41, 5.74) is 2.72. The van der Waals surface area contributed by atoms with Crippen LogP contribution in [-0.4, -0.2) is 34.1 Å². The van der Waals surface area contributed by atoms with Crippen LogP contribution in [0.3, 0.4) is 0 Å². The highest BCUT2D eigenvalue weighted by Crippen LogP contribution is 2.25. The van der Waals surface area contributed by atoms with Crippen molar-refractivity contribution in [2.75, 3.05) is 23.3 Å². The second-order valence-electron chi connectivity index (χ2n) is 6.71. The molecule has 0 spiro atoms. The molecule has 3 aromatic rings. The molecule has 0 saturated carbocycles. The third kappa shape index (κ3) is 3.97. The highest BCUT2D eigenvalue weighted by molar-refractivity contribution is 5.91. The predicted octanol–water partition coefficient (Wildman–Crippen LogP) is 3.30. The number of nitrogens with zero attached hydrogens (tertiary/aromatic N) is 4. The van der Waals surface area contributed by atoms with Crippen LogP contribution in [0.1, 0.15) is 18.5 Å². The molecule has 0 aliphatic carbocycles. The van der Waals surface area contributed by atoms with E-state index in [0.717, 1.165) is 48.7 Å². The standard InChI is InChI=1S/C20H21N5O2/c1-14-11-19(27-24-14)23-20(26)16-7-9-25(10-8-16)18-12-17(21-13-22-18)15-5-3-2-4-6-15/h2-6,11-13,16H,7-10H2,1H3,(H,23,26). The van der Waals surface area contributed by atoms with E-state index >= 15 is 0 Å². The van der Waals surface area contributed by atoms with Gasteiger partial charge in [-0.1, -0.05) is 35.5 Å². The molecule has 4 rings (SSSR count). The highest BCUT2D eigenvalue weighted by atomic mass is 16.5. The van der Waals surface area contributed by atoms with Gasteiger partial charge in [-0.05, 0) is 19.8 Å². The maximum atomic E-state index is 12.4. The Bertz CT molecular complexity index is 917. The topological polar surface area (TPSA) is 84.2 Å². The van der Waals surface area contributed by atoms with Crippen LogP contribution in [0.5, 0.6) is 0 Å². The smallest absolute Gasteiger partial charge is 0.231 e. The van der Waals surface area contributed by atoms with Crippen molar-refractivity contribution in [3.63, 3.8) is 0 Å². The number of aromatic nitrogens is 3. The lowest BCUT2D eigenvalue weighted by molar-refractivity contribution is -0.120. The van der Waals surface area contributed by atoms with Gasteiger partial charge in [0, 0.05) is 36.7 Å². The molecule has 1 saturated heterocycles. The van der Waals surface area contributed by atoms with Gasteiger partial charge < -0.3 is 9.42 Å². The quantitative estimate of drug-likeness (QED) is 0.766. The number of carbonyl (C=O) groups is 1. The van der Waals surface area contributed by atoms with Crippen molar-refractivity contribution >= 4 is 17.6 Å². The Morgan fingerprint density at radius 3 is 2.63 bits per heavy atom. The molecule has 0 bridgehead atoms. The molecular formula is C20H21N5O2. The lowest BCUT2D eigenvalue weighted by Crippen LogP contribution is -2.38. The summed E-state index contributed by atoms with van der Waals surface area (Å²) in [6.45, 7) is 3.38. The Kier molecular flexibility index (Phi) is 4.82. The molecule has 0 radical (unpaired) electrons. The Balaban J connectivity index is 1.38. The van der Waals surface area contributed by atoms with Crippen molar-refractivity contribution in [1.82, 2.24) is 15.1 Å². The molecule has 1 fully saturated rings. The maximum Gasteiger partial charge on any atom is 0.231 e. The number of piperidine rings is 1. The van der Waals surface area contributed by atoms with Crippen molar-refractivity contribution in [2.45, 2.75) is 19.8 Å². The summed E-state index contributed by atoms with van der Waals surface area (Å²) in [7, 11) is 0. The molecule has 1 aromatic carbocycles. The Morgan fingerprint density at radius 1 is 1.15 bits per heavy atom. The van der Waals surface area contributed by atoms with Gasteiger partial charge in [0.2, 0.25) is 11.8 Å². The van der Waals surface area contributed by atoms with E-state index in [0.29, 0.717) is 5.88 Å². The molecule has 1 N–H and O–H groups in total. The first-order chi connectivity index (χ1) is 13.2. The Morgan fingerprint density at radius 2 is 1.93 bits per heavy atom. The van der Waals surface area contributed by atoms with E-state index in [1.165, 1.54) is 0 Å². The molecule has 1 aliphatic heterocycles. The average molecular weight is 363 g/mol. The van der Waals surface area contributed by atoms with Crippen LogP contribution in [0.2, 0.25) is 0 Å². The van der Waals surface area contributed by atoms with Gasteiger partial charge in [-0.15, -0.1) is 0 Å². The van der Waals surface area contributed by atoms with Crippen molar-refractivity contribution in [3.05, 3.63) is 54.5 Å². The molecule has 2 aromatic heterocycles. The predicted molar refractivity (Wildman–Crippen MR) is 102 cm³/mol. The summed E-state index contributed by atoms with van der Waals surface area (Å²) in [6, 6.07) is 13.8. The fourth-order valence-corrected chi connectivity index (χ4v) is 3.30. The third-order valence-electron chi connectivity index (χ3n) is 4.79. The molecule has 7 heteroatoms. The number of nitrogens with one attached hydrogen (secondary N) is 1. The van der Waals surface area contributed by atoms with E-state index in [-0.39, 0.29) is 11.8 Å². The van der Waals surface area contributed by atoms with Crippen LogP contribution in [0.25, 0.3) is 11.3 Å². The van der Waals surface area contributed by atoms with Crippen LogP contribution in [0.15, 0.2) is 53.3 Å². The van der Waals surface area contributed by atoms with Gasteiger partial charge in [-0.25, -0.2) is 9.97 Å². The molecular weight excluding hydrogens is 342 g/mol. The highest BCUT2D eigenvalue weighted by Gasteiger charge is 2.26. The largest absolute Gasteiger partial charge is 0.356 e. The van der Waals surface area contributed by atoms with E-state index in [2.05, 4.69) is 25.3 Å². The molecule has 1 aliphatic rings. The van der Waals surface area contributed by atoms with Crippen molar-refractivity contribution < 1.29 is 9.32 Å². The normalized spacial score (nSPS) is 14.9. The fourth-order valence-electron chi connectivity index (χ4n) is 3.30. The molecule has 3 heterocycles. The monoisotopic (exact) mass is 363 g/mol. The lowest BCUT2D eigenvalue weighted by Gasteiger charge is -2.32. The van der Waals surface area contributed by atoms with Crippen molar-refractivity contribution in [3.8, 4) is 11.3 Å². The first-order valence-electron chi connectivity index (χ1n) is 9.05. The first-order valence-corrected chi connectivity index (χ1v) is 9.05. The minimum atomic E-state index is -0.0397. The van der Waals surface area contributed by atoms with Gasteiger partial charge in [-0.3, -0.25) is 10.1 Å². The van der Waals surface area contributed by atoms with Crippen LogP contribution in [-0.2, 0) is 4.79 Å². The van der Waals surface area contributed by atoms with Gasteiger partial charge in [-0.2, -0.15) is 0 Å². The van der Waals surface area contributed by atoms with Crippen molar-refractivity contribution in [2.24, 2.45) is 5.92 Å². The Hall–Kier alpha value is -3.22. The summed E-state index contributed by atoms with van der Waals surface area (Å²) in [5, 5.41) is 6.59. The molecule has 27 heavy (non-hydrogen) atoms. The second kappa shape index (κ2) is 7.57. The van der Waals surface area contributed by atoms with Crippen LogP contribution in [0.4, 0.5) is 11.7 Å². The lowest BCUT2D eigenvalue weighted by atomic mass is 9.96. The van der Waals surface area contributed by atoms with E-state index in [4.69, 9.17) is 4.52 Å². The van der Waals surface area contributed by atoms with Gasteiger partial charge >= 0.3 is 0 Å².